The number of carbonyl (C=O) groups is 2. The second-order valence-corrected chi connectivity index (χ2v) is 7.72. The van der Waals surface area contributed by atoms with Gasteiger partial charge in [-0.05, 0) is 48.1 Å². The molecule has 0 spiro atoms. The molecule has 1 aliphatic rings. The number of amides is 2. The molecule has 4 heteroatoms. The van der Waals surface area contributed by atoms with Crippen LogP contribution in [0.2, 0.25) is 0 Å². The number of fused-ring (bicyclic) bond motifs is 1. The van der Waals surface area contributed by atoms with Crippen molar-refractivity contribution in [3.8, 4) is 0 Å². The summed E-state index contributed by atoms with van der Waals surface area (Å²) in [5.74, 6) is -0.237. The number of rotatable bonds is 6. The van der Waals surface area contributed by atoms with E-state index in [4.69, 9.17) is 0 Å². The Labute approximate surface area is 177 Å². The maximum Gasteiger partial charge on any atom is 0.251 e. The zero-order valence-corrected chi connectivity index (χ0v) is 16.9. The number of nitrogens with one attached hydrogen (secondary N) is 2. The molecule has 0 fully saturated rings. The molecule has 0 aliphatic heterocycles. The predicted molar refractivity (Wildman–Crippen MR) is 118 cm³/mol. The van der Waals surface area contributed by atoms with Gasteiger partial charge in [0, 0.05) is 5.56 Å². The standard InChI is InChI=1S/C26H26N2O2/c29-25(27-23-17-9-15-19-10-7-8-16-22(19)23)18-24(20-11-3-1-4-12-20)28-26(30)21-13-5-2-6-14-21/h1-8,10-14,16,23-24H,9,15,17-18H2,(H,27,29)(H,28,30). The molecule has 0 aromatic heterocycles. The van der Waals surface area contributed by atoms with Crippen LogP contribution < -0.4 is 10.6 Å². The van der Waals surface area contributed by atoms with Gasteiger partial charge >= 0.3 is 0 Å². The van der Waals surface area contributed by atoms with Gasteiger partial charge in [-0.3, -0.25) is 9.59 Å². The third-order valence-electron chi connectivity index (χ3n) is 5.64. The van der Waals surface area contributed by atoms with Gasteiger partial charge in [-0.25, -0.2) is 0 Å². The number of aryl methyl sites for hydroxylation is 1. The van der Waals surface area contributed by atoms with Crippen LogP contribution in [0.5, 0.6) is 0 Å². The number of benzene rings is 3. The van der Waals surface area contributed by atoms with E-state index in [1.54, 1.807) is 12.1 Å². The fourth-order valence-electron chi connectivity index (χ4n) is 4.11. The van der Waals surface area contributed by atoms with Crippen molar-refractivity contribution in [2.45, 2.75) is 37.8 Å². The summed E-state index contributed by atoms with van der Waals surface area (Å²) in [5, 5.41) is 6.24. The van der Waals surface area contributed by atoms with Crippen LogP contribution in [0, 0.1) is 0 Å². The molecule has 2 N–H and O–H groups in total. The van der Waals surface area contributed by atoms with E-state index in [9.17, 15) is 9.59 Å². The van der Waals surface area contributed by atoms with E-state index in [1.165, 1.54) is 11.1 Å². The molecule has 0 saturated heterocycles. The van der Waals surface area contributed by atoms with Crippen molar-refractivity contribution in [1.82, 2.24) is 10.6 Å². The van der Waals surface area contributed by atoms with Crippen LogP contribution in [-0.2, 0) is 11.2 Å². The van der Waals surface area contributed by atoms with Gasteiger partial charge in [0.15, 0.2) is 0 Å². The molecule has 3 aromatic carbocycles. The Kier molecular flexibility index (Phi) is 6.23. The summed E-state index contributed by atoms with van der Waals surface area (Å²) in [7, 11) is 0. The molecular weight excluding hydrogens is 372 g/mol. The maximum absolute atomic E-state index is 13.0. The van der Waals surface area contributed by atoms with Gasteiger partial charge in [0.25, 0.3) is 5.91 Å². The molecule has 2 unspecified atom stereocenters. The maximum atomic E-state index is 13.0. The highest BCUT2D eigenvalue weighted by Crippen LogP contribution is 2.30. The zero-order chi connectivity index (χ0) is 20.8. The van der Waals surface area contributed by atoms with Gasteiger partial charge < -0.3 is 10.6 Å². The third kappa shape index (κ3) is 4.77. The molecule has 1 aliphatic carbocycles. The van der Waals surface area contributed by atoms with Crippen LogP contribution in [0.25, 0.3) is 0 Å². The van der Waals surface area contributed by atoms with Crippen LogP contribution in [0.3, 0.4) is 0 Å². The molecule has 0 saturated carbocycles. The van der Waals surface area contributed by atoms with Crippen LogP contribution in [0.1, 0.15) is 58.4 Å². The van der Waals surface area contributed by atoms with Crippen LogP contribution >= 0.6 is 0 Å². The number of hydrogen-bond acceptors (Lipinski definition) is 2. The van der Waals surface area contributed by atoms with E-state index in [0.717, 1.165) is 24.8 Å². The Morgan fingerprint density at radius 2 is 1.53 bits per heavy atom. The van der Waals surface area contributed by atoms with Gasteiger partial charge in [-0.15, -0.1) is 0 Å². The summed E-state index contributed by atoms with van der Waals surface area (Å²) in [4.78, 5) is 25.7. The van der Waals surface area contributed by atoms with E-state index in [0.29, 0.717) is 5.56 Å². The first-order valence-electron chi connectivity index (χ1n) is 10.5. The molecule has 4 rings (SSSR count). The lowest BCUT2D eigenvalue weighted by atomic mass is 9.87. The summed E-state index contributed by atoms with van der Waals surface area (Å²) in [6.45, 7) is 0. The summed E-state index contributed by atoms with van der Waals surface area (Å²) >= 11 is 0. The first-order valence-corrected chi connectivity index (χ1v) is 10.5. The smallest absolute Gasteiger partial charge is 0.251 e. The molecule has 0 bridgehead atoms. The van der Waals surface area contributed by atoms with Crippen molar-refractivity contribution in [2.24, 2.45) is 0 Å². The average Bonchev–Trinajstić information content (AvgIpc) is 2.80. The fraction of sp³-hybridized carbons (Fsp3) is 0.231. The summed E-state index contributed by atoms with van der Waals surface area (Å²) < 4.78 is 0. The van der Waals surface area contributed by atoms with Gasteiger partial charge in [0.1, 0.15) is 0 Å². The first kappa shape index (κ1) is 19.9. The molecular formula is C26H26N2O2. The molecule has 0 radical (unpaired) electrons. The second-order valence-electron chi connectivity index (χ2n) is 7.72. The monoisotopic (exact) mass is 398 g/mol. The van der Waals surface area contributed by atoms with Gasteiger partial charge in [0.2, 0.25) is 5.91 Å². The van der Waals surface area contributed by atoms with Crippen molar-refractivity contribution in [3.05, 3.63) is 107 Å². The molecule has 2 atom stereocenters. The Balaban J connectivity index is 1.48. The molecule has 30 heavy (non-hydrogen) atoms. The Morgan fingerprint density at radius 1 is 0.867 bits per heavy atom. The van der Waals surface area contributed by atoms with E-state index in [-0.39, 0.29) is 24.3 Å². The largest absolute Gasteiger partial charge is 0.349 e. The Hall–Kier alpha value is -3.40. The van der Waals surface area contributed by atoms with Gasteiger partial charge in [-0.1, -0.05) is 72.8 Å². The average molecular weight is 399 g/mol. The highest BCUT2D eigenvalue weighted by molar-refractivity contribution is 5.94. The lowest BCUT2D eigenvalue weighted by Crippen LogP contribution is -2.36. The highest BCUT2D eigenvalue weighted by atomic mass is 16.2. The van der Waals surface area contributed by atoms with E-state index in [2.05, 4.69) is 22.8 Å². The highest BCUT2D eigenvalue weighted by Gasteiger charge is 2.24. The van der Waals surface area contributed by atoms with E-state index < -0.39 is 6.04 Å². The lowest BCUT2D eigenvalue weighted by molar-refractivity contribution is -0.122. The molecule has 3 aromatic rings. The lowest BCUT2D eigenvalue weighted by Gasteiger charge is -2.27. The third-order valence-corrected chi connectivity index (χ3v) is 5.64. The quantitative estimate of drug-likeness (QED) is 0.630. The minimum Gasteiger partial charge on any atom is -0.349 e. The summed E-state index contributed by atoms with van der Waals surface area (Å²) in [6, 6.07) is 26.7. The summed E-state index contributed by atoms with van der Waals surface area (Å²) in [6.07, 6.45) is 3.26. The first-order chi connectivity index (χ1) is 14.7. The van der Waals surface area contributed by atoms with Crippen molar-refractivity contribution < 1.29 is 9.59 Å². The van der Waals surface area contributed by atoms with Crippen molar-refractivity contribution in [3.63, 3.8) is 0 Å². The molecule has 4 nitrogen and oxygen atoms in total. The molecule has 0 heterocycles. The molecule has 2 amide bonds. The fourth-order valence-corrected chi connectivity index (χ4v) is 4.11. The zero-order valence-electron chi connectivity index (χ0n) is 16.9. The van der Waals surface area contributed by atoms with Crippen LogP contribution in [0.4, 0.5) is 0 Å². The number of carbonyl (C=O) groups excluding carboxylic acids is 2. The van der Waals surface area contributed by atoms with Crippen LogP contribution in [0.15, 0.2) is 84.9 Å². The minimum atomic E-state index is -0.391. The summed E-state index contributed by atoms with van der Waals surface area (Å²) in [5.41, 5.74) is 4.02. The number of hydrogen-bond donors (Lipinski definition) is 2. The van der Waals surface area contributed by atoms with Gasteiger partial charge in [-0.2, -0.15) is 0 Å². The minimum absolute atomic E-state index is 0.0312. The Morgan fingerprint density at radius 3 is 2.30 bits per heavy atom. The van der Waals surface area contributed by atoms with Crippen molar-refractivity contribution in [2.75, 3.05) is 0 Å². The van der Waals surface area contributed by atoms with Crippen LogP contribution in [-0.4, -0.2) is 11.8 Å². The SMILES string of the molecule is O=C(CC(NC(=O)c1ccccc1)c1ccccc1)NC1CCCc2ccccc21. The van der Waals surface area contributed by atoms with Gasteiger partial charge in [0.05, 0.1) is 18.5 Å². The molecule has 152 valence electrons. The Bertz CT molecular complexity index is 1000. The van der Waals surface area contributed by atoms with E-state index >= 15 is 0 Å². The van der Waals surface area contributed by atoms with Crippen molar-refractivity contribution >= 4 is 11.8 Å². The second kappa shape index (κ2) is 9.40. The normalized spacial score (nSPS) is 16.2. The van der Waals surface area contributed by atoms with Crippen molar-refractivity contribution in [1.29, 1.82) is 0 Å². The topological polar surface area (TPSA) is 58.2 Å². The van der Waals surface area contributed by atoms with E-state index in [1.807, 2.05) is 60.7 Å². The predicted octanol–water partition coefficient (Wildman–Crippen LogP) is 4.74.